The van der Waals surface area contributed by atoms with Gasteiger partial charge in [-0.1, -0.05) is 55.8 Å². The summed E-state index contributed by atoms with van der Waals surface area (Å²) in [6.07, 6.45) is 3.67. The first-order chi connectivity index (χ1) is 11.8. The first-order valence-corrected chi connectivity index (χ1v) is 9.19. The maximum atomic E-state index is 3.74. The van der Waals surface area contributed by atoms with Gasteiger partial charge in [0, 0.05) is 29.2 Å². The van der Waals surface area contributed by atoms with Crippen molar-refractivity contribution in [3.05, 3.63) is 70.9 Å². The molecule has 1 aromatic heterocycles. The highest BCUT2D eigenvalue weighted by Crippen LogP contribution is 2.35. The lowest BCUT2D eigenvalue weighted by Gasteiger charge is -2.24. The summed E-state index contributed by atoms with van der Waals surface area (Å²) in [5.74, 6) is 0. The predicted molar refractivity (Wildman–Crippen MR) is 103 cm³/mol. The normalized spacial score (nSPS) is 16.4. The van der Waals surface area contributed by atoms with Gasteiger partial charge in [-0.05, 0) is 49.4 Å². The van der Waals surface area contributed by atoms with Crippen molar-refractivity contribution < 1.29 is 0 Å². The largest absolute Gasteiger partial charge is 0.357 e. The van der Waals surface area contributed by atoms with Crippen LogP contribution in [0.15, 0.2) is 48.5 Å². The summed E-state index contributed by atoms with van der Waals surface area (Å²) in [5, 5.41) is 5.16. The van der Waals surface area contributed by atoms with E-state index in [-0.39, 0.29) is 0 Å². The molecule has 4 rings (SSSR count). The number of aromatic nitrogens is 1. The molecule has 2 heteroatoms. The van der Waals surface area contributed by atoms with Crippen LogP contribution in [0, 0.1) is 6.92 Å². The van der Waals surface area contributed by atoms with E-state index >= 15 is 0 Å². The first kappa shape index (κ1) is 16.8. The molecular formula is C22H28N2. The van der Waals surface area contributed by atoms with Gasteiger partial charge in [-0.15, -0.1) is 0 Å². The fraction of sp³-hybridized carbons (Fsp3) is 0.364. The quantitative estimate of drug-likeness (QED) is 0.639. The van der Waals surface area contributed by atoms with Crippen LogP contribution in [0.3, 0.4) is 0 Å². The minimum Gasteiger partial charge on any atom is -0.357 e. The molecule has 0 bridgehead atoms. The Hall–Kier alpha value is -2.06. The molecule has 24 heavy (non-hydrogen) atoms. The van der Waals surface area contributed by atoms with E-state index in [0.29, 0.717) is 6.04 Å². The number of H-pyrrole nitrogens is 1. The number of benzene rings is 2. The molecule has 1 aliphatic rings. The summed E-state index contributed by atoms with van der Waals surface area (Å²) in [7, 11) is 0. The molecule has 0 radical (unpaired) electrons. The van der Waals surface area contributed by atoms with Crippen LogP contribution in [0.2, 0.25) is 0 Å². The third-order valence-corrected chi connectivity index (χ3v) is 4.76. The van der Waals surface area contributed by atoms with Crippen LogP contribution < -0.4 is 5.32 Å². The summed E-state index contributed by atoms with van der Waals surface area (Å²) in [4.78, 5) is 3.67. The molecule has 3 aromatic rings. The van der Waals surface area contributed by atoms with Crippen molar-refractivity contribution in [2.24, 2.45) is 0 Å². The molecule has 1 unspecified atom stereocenters. The van der Waals surface area contributed by atoms with Crippen molar-refractivity contribution in [3.63, 3.8) is 0 Å². The van der Waals surface area contributed by atoms with Crippen LogP contribution in [-0.2, 0) is 13.0 Å². The maximum absolute atomic E-state index is 3.74. The summed E-state index contributed by atoms with van der Waals surface area (Å²) in [6.45, 7) is 7.10. The number of rotatable bonds is 3. The van der Waals surface area contributed by atoms with Crippen molar-refractivity contribution in [2.45, 2.75) is 52.6 Å². The molecule has 1 aliphatic carbocycles. The summed E-state index contributed by atoms with van der Waals surface area (Å²) in [5.41, 5.74) is 6.90. The molecule has 126 valence electrons. The number of hydrogen-bond acceptors (Lipinski definition) is 1. The Bertz CT molecular complexity index is 786. The molecule has 2 nitrogen and oxygen atoms in total. The Balaban J connectivity index is 0.000000815. The number of fused-ring (bicyclic) bond motifs is 3. The van der Waals surface area contributed by atoms with Gasteiger partial charge in [0.25, 0.3) is 0 Å². The van der Waals surface area contributed by atoms with Gasteiger partial charge >= 0.3 is 0 Å². The second-order valence-electron chi connectivity index (χ2n) is 6.38. The van der Waals surface area contributed by atoms with E-state index in [1.54, 1.807) is 0 Å². The Morgan fingerprint density at radius 1 is 1.08 bits per heavy atom. The van der Waals surface area contributed by atoms with Crippen LogP contribution in [0.5, 0.6) is 0 Å². The number of aryl methyl sites for hydroxylation is 2. The van der Waals surface area contributed by atoms with Crippen LogP contribution in [0.1, 0.15) is 55.1 Å². The van der Waals surface area contributed by atoms with Gasteiger partial charge in [0.2, 0.25) is 0 Å². The second-order valence-corrected chi connectivity index (χ2v) is 6.38. The minimum atomic E-state index is 0.441. The van der Waals surface area contributed by atoms with E-state index in [0.717, 1.165) is 6.54 Å². The van der Waals surface area contributed by atoms with Crippen molar-refractivity contribution in [3.8, 4) is 0 Å². The van der Waals surface area contributed by atoms with Gasteiger partial charge in [-0.25, -0.2) is 0 Å². The standard InChI is InChI=1S/C20H22N2.C2H6/c1-14-10-11-18-17(12-14)16-8-5-9-19(20(16)22-18)21-13-15-6-3-2-4-7-15;1-2/h2-4,6-7,10-12,19,21-22H,5,8-9,13H2,1H3;1-2H3. The molecular weight excluding hydrogens is 292 g/mol. The summed E-state index contributed by atoms with van der Waals surface area (Å²) < 4.78 is 0. The van der Waals surface area contributed by atoms with Crippen molar-refractivity contribution in [1.82, 2.24) is 10.3 Å². The van der Waals surface area contributed by atoms with E-state index in [9.17, 15) is 0 Å². The molecule has 0 spiro atoms. The molecule has 0 saturated carbocycles. The van der Waals surface area contributed by atoms with Gasteiger partial charge in [0.1, 0.15) is 0 Å². The smallest absolute Gasteiger partial charge is 0.0478 e. The highest BCUT2D eigenvalue weighted by atomic mass is 14.9. The molecule has 0 amide bonds. The lowest BCUT2D eigenvalue weighted by molar-refractivity contribution is 0.452. The van der Waals surface area contributed by atoms with Crippen LogP contribution >= 0.6 is 0 Å². The molecule has 1 heterocycles. The molecule has 1 atom stereocenters. The zero-order valence-electron chi connectivity index (χ0n) is 15.0. The monoisotopic (exact) mass is 320 g/mol. The van der Waals surface area contributed by atoms with Crippen LogP contribution in [0.4, 0.5) is 0 Å². The average Bonchev–Trinajstić information content (AvgIpc) is 3.01. The Morgan fingerprint density at radius 3 is 2.67 bits per heavy atom. The molecule has 2 N–H and O–H groups in total. The Morgan fingerprint density at radius 2 is 1.88 bits per heavy atom. The van der Waals surface area contributed by atoms with Gasteiger partial charge in [-0.3, -0.25) is 0 Å². The van der Waals surface area contributed by atoms with E-state index in [4.69, 9.17) is 0 Å². The zero-order chi connectivity index (χ0) is 16.9. The molecule has 2 aromatic carbocycles. The number of hydrogen-bond donors (Lipinski definition) is 2. The van der Waals surface area contributed by atoms with Gasteiger partial charge in [0.15, 0.2) is 0 Å². The molecule has 0 fully saturated rings. The zero-order valence-corrected chi connectivity index (χ0v) is 15.0. The van der Waals surface area contributed by atoms with Crippen LogP contribution in [-0.4, -0.2) is 4.98 Å². The summed E-state index contributed by atoms with van der Waals surface area (Å²) in [6, 6.07) is 17.8. The minimum absolute atomic E-state index is 0.441. The first-order valence-electron chi connectivity index (χ1n) is 9.19. The predicted octanol–water partition coefficient (Wildman–Crippen LogP) is 5.67. The fourth-order valence-electron chi connectivity index (χ4n) is 3.62. The van der Waals surface area contributed by atoms with Gasteiger partial charge in [0.05, 0.1) is 0 Å². The van der Waals surface area contributed by atoms with E-state index in [1.165, 1.54) is 52.5 Å². The topological polar surface area (TPSA) is 27.8 Å². The third-order valence-electron chi connectivity index (χ3n) is 4.76. The number of aromatic amines is 1. The molecule has 0 saturated heterocycles. The maximum Gasteiger partial charge on any atom is 0.0478 e. The SMILES string of the molecule is CC.Cc1ccc2[nH]c3c(c2c1)CCCC3NCc1ccccc1. The van der Waals surface area contributed by atoms with Gasteiger partial charge in [-0.2, -0.15) is 0 Å². The average molecular weight is 320 g/mol. The van der Waals surface area contributed by atoms with E-state index in [2.05, 4.69) is 65.8 Å². The van der Waals surface area contributed by atoms with Crippen molar-refractivity contribution in [1.29, 1.82) is 0 Å². The Labute approximate surface area is 145 Å². The lowest BCUT2D eigenvalue weighted by Crippen LogP contribution is -2.24. The fourth-order valence-corrected chi connectivity index (χ4v) is 3.62. The highest BCUT2D eigenvalue weighted by molar-refractivity contribution is 5.85. The van der Waals surface area contributed by atoms with Crippen molar-refractivity contribution >= 4 is 10.9 Å². The second kappa shape index (κ2) is 7.67. The lowest BCUT2D eigenvalue weighted by atomic mass is 9.91. The van der Waals surface area contributed by atoms with Crippen molar-refractivity contribution in [2.75, 3.05) is 0 Å². The van der Waals surface area contributed by atoms with Crippen LogP contribution in [0.25, 0.3) is 10.9 Å². The summed E-state index contributed by atoms with van der Waals surface area (Å²) >= 11 is 0. The van der Waals surface area contributed by atoms with E-state index < -0.39 is 0 Å². The molecule has 0 aliphatic heterocycles. The van der Waals surface area contributed by atoms with Gasteiger partial charge < -0.3 is 10.3 Å². The third kappa shape index (κ3) is 3.39. The number of nitrogens with one attached hydrogen (secondary N) is 2. The van der Waals surface area contributed by atoms with E-state index in [1.807, 2.05) is 13.8 Å². The highest BCUT2D eigenvalue weighted by Gasteiger charge is 2.23. The Kier molecular flexibility index (Phi) is 5.37.